The topological polar surface area (TPSA) is 237 Å². The largest absolute Gasteiger partial charge is 0.472 e. The van der Waals surface area contributed by atoms with Crippen LogP contribution in [0.5, 0.6) is 0 Å². The van der Waals surface area contributed by atoms with Gasteiger partial charge in [-0.2, -0.15) is 0 Å². The van der Waals surface area contributed by atoms with E-state index in [1.165, 1.54) is 250 Å². The van der Waals surface area contributed by atoms with Crippen molar-refractivity contribution in [1.82, 2.24) is 0 Å². The van der Waals surface area contributed by atoms with E-state index in [2.05, 4.69) is 48.5 Å². The monoisotopic (exact) mass is 1520 g/mol. The van der Waals surface area contributed by atoms with E-state index >= 15 is 0 Å². The predicted octanol–water partition coefficient (Wildman–Crippen LogP) is 25.7. The molecule has 19 heteroatoms. The van der Waals surface area contributed by atoms with Crippen molar-refractivity contribution < 1.29 is 80.2 Å². The molecule has 0 spiro atoms. The number of hydrogen-bond acceptors (Lipinski definition) is 15. The summed E-state index contributed by atoms with van der Waals surface area (Å²) in [5, 5.41) is 10.7. The highest BCUT2D eigenvalue weighted by molar-refractivity contribution is 7.47. The van der Waals surface area contributed by atoms with E-state index in [0.29, 0.717) is 31.6 Å². The van der Waals surface area contributed by atoms with Gasteiger partial charge < -0.3 is 33.8 Å². The normalized spacial score (nSPS) is 14.2. The molecule has 0 aliphatic heterocycles. The molecule has 3 N–H and O–H groups in total. The number of phosphoric acid groups is 2. The lowest BCUT2D eigenvalue weighted by Gasteiger charge is -2.21. The van der Waals surface area contributed by atoms with Crippen LogP contribution in [0.1, 0.15) is 447 Å². The average molecular weight is 1520 g/mol. The Hall–Kier alpha value is -1.94. The molecule has 0 amide bonds. The molecule has 0 aromatic carbocycles. The van der Waals surface area contributed by atoms with E-state index in [1.807, 2.05) is 0 Å². The number of hydrogen-bond donors (Lipinski definition) is 3. The van der Waals surface area contributed by atoms with E-state index in [-0.39, 0.29) is 25.7 Å². The van der Waals surface area contributed by atoms with Crippen molar-refractivity contribution in [3.8, 4) is 0 Å². The Bertz CT molecular complexity index is 2010. The maximum absolute atomic E-state index is 13.1. The third-order valence-electron chi connectivity index (χ3n) is 20.2. The standard InChI is InChI=1S/C85H166O17P2/c1-8-10-11-12-13-14-15-16-17-18-22-29-34-39-46-54-61-69-85(90)102-81(73-96-83(88)67-60-53-48-41-43-50-57-64-77(5)6)75-100-104(93,94)98-71-79(86)70-97-103(91,92)99-74-80(72-95-82(87)66-59-52-45-38-33-28-25-24-27-32-37-44-51-58-65-78(7)9-2)101-84(89)68-62-55-47-40-35-30-23-20-19-21-26-31-36-42-49-56-63-76(3)4/h76-81,86H,8-75H2,1-7H3,(H,91,92)(H,93,94)/t78?,79-,80-,81-/m1/s1. The van der Waals surface area contributed by atoms with Crippen LogP contribution in [-0.4, -0.2) is 96.7 Å². The van der Waals surface area contributed by atoms with Gasteiger partial charge in [0.2, 0.25) is 0 Å². The lowest BCUT2D eigenvalue weighted by Crippen LogP contribution is -2.30. The van der Waals surface area contributed by atoms with E-state index in [9.17, 15) is 43.2 Å². The highest BCUT2D eigenvalue weighted by Gasteiger charge is 2.30. The first-order valence-corrected chi connectivity index (χ1v) is 46.9. The van der Waals surface area contributed by atoms with Crippen molar-refractivity contribution in [2.24, 2.45) is 17.8 Å². The molecule has 0 bridgehead atoms. The molecule has 0 heterocycles. The molecule has 0 saturated heterocycles. The van der Waals surface area contributed by atoms with Crippen molar-refractivity contribution in [2.75, 3.05) is 39.6 Å². The predicted molar refractivity (Wildman–Crippen MR) is 428 cm³/mol. The second-order valence-corrected chi connectivity index (χ2v) is 34.7. The van der Waals surface area contributed by atoms with Gasteiger partial charge in [-0.1, -0.05) is 395 Å². The number of carbonyl (C=O) groups excluding carboxylic acids is 4. The first-order valence-electron chi connectivity index (χ1n) is 43.9. The van der Waals surface area contributed by atoms with Crippen molar-refractivity contribution in [1.29, 1.82) is 0 Å². The lowest BCUT2D eigenvalue weighted by atomic mass is 9.99. The summed E-state index contributed by atoms with van der Waals surface area (Å²) in [7, 11) is -9.93. The van der Waals surface area contributed by atoms with Crippen LogP contribution in [0.2, 0.25) is 0 Å². The van der Waals surface area contributed by atoms with Gasteiger partial charge in [0, 0.05) is 25.7 Å². The number of aliphatic hydroxyl groups excluding tert-OH is 1. The van der Waals surface area contributed by atoms with Crippen LogP contribution in [0, 0.1) is 17.8 Å². The van der Waals surface area contributed by atoms with Gasteiger partial charge in [-0.15, -0.1) is 0 Å². The van der Waals surface area contributed by atoms with Crippen LogP contribution >= 0.6 is 15.6 Å². The van der Waals surface area contributed by atoms with Crippen molar-refractivity contribution >= 4 is 39.5 Å². The number of unbranched alkanes of at least 4 members (excludes halogenated alkanes) is 50. The first-order chi connectivity index (χ1) is 50.3. The smallest absolute Gasteiger partial charge is 0.462 e. The summed E-state index contributed by atoms with van der Waals surface area (Å²) in [4.78, 5) is 73.2. The third kappa shape index (κ3) is 76.8. The Kier molecular flexibility index (Phi) is 73.7. The summed E-state index contributed by atoms with van der Waals surface area (Å²) in [6, 6.07) is 0. The van der Waals surface area contributed by atoms with Crippen LogP contribution in [-0.2, 0) is 65.4 Å². The maximum atomic E-state index is 13.1. The van der Waals surface area contributed by atoms with Gasteiger partial charge >= 0.3 is 39.5 Å². The van der Waals surface area contributed by atoms with Gasteiger partial charge in [-0.05, 0) is 43.4 Å². The van der Waals surface area contributed by atoms with Gasteiger partial charge in [0.1, 0.15) is 19.3 Å². The summed E-state index contributed by atoms with van der Waals surface area (Å²) >= 11 is 0. The van der Waals surface area contributed by atoms with Crippen LogP contribution in [0.4, 0.5) is 0 Å². The molecular weight excluding hydrogens is 1350 g/mol. The number of phosphoric ester groups is 2. The minimum absolute atomic E-state index is 0.108. The molecule has 618 valence electrons. The zero-order valence-corrected chi connectivity index (χ0v) is 70.3. The minimum atomic E-state index is -4.97. The quantitative estimate of drug-likeness (QED) is 0.0222. The van der Waals surface area contributed by atoms with Crippen LogP contribution in [0.3, 0.4) is 0 Å². The zero-order valence-electron chi connectivity index (χ0n) is 68.5. The molecule has 0 fully saturated rings. The molecule has 0 aromatic rings. The third-order valence-corrected chi connectivity index (χ3v) is 22.1. The molecule has 104 heavy (non-hydrogen) atoms. The fraction of sp³-hybridized carbons (Fsp3) is 0.953. The fourth-order valence-corrected chi connectivity index (χ4v) is 14.7. The summed E-state index contributed by atoms with van der Waals surface area (Å²) in [6.45, 7) is 12.0. The van der Waals surface area contributed by atoms with Crippen LogP contribution in [0.15, 0.2) is 0 Å². The molecule has 6 atom stereocenters. The molecular formula is C85H166O17P2. The van der Waals surface area contributed by atoms with Crippen molar-refractivity contribution in [3.05, 3.63) is 0 Å². The Labute approximate surface area is 638 Å². The van der Waals surface area contributed by atoms with E-state index in [4.69, 9.17) is 37.0 Å². The second-order valence-electron chi connectivity index (χ2n) is 31.8. The molecule has 0 aliphatic carbocycles. The highest BCUT2D eigenvalue weighted by atomic mass is 31.2. The molecule has 0 radical (unpaired) electrons. The molecule has 17 nitrogen and oxygen atoms in total. The van der Waals surface area contributed by atoms with Gasteiger partial charge in [-0.25, -0.2) is 9.13 Å². The Balaban J connectivity index is 5.24. The lowest BCUT2D eigenvalue weighted by molar-refractivity contribution is -0.161. The zero-order chi connectivity index (χ0) is 76.5. The minimum Gasteiger partial charge on any atom is -0.462 e. The molecule has 0 aliphatic rings. The number of carbonyl (C=O) groups is 4. The Morgan fingerprint density at radius 1 is 0.279 bits per heavy atom. The van der Waals surface area contributed by atoms with E-state index in [0.717, 1.165) is 108 Å². The first kappa shape index (κ1) is 102. The van der Waals surface area contributed by atoms with E-state index in [1.54, 1.807) is 0 Å². The summed E-state index contributed by atoms with van der Waals surface area (Å²) in [5.41, 5.74) is 0. The number of ether oxygens (including phenoxy) is 4. The maximum Gasteiger partial charge on any atom is 0.472 e. The summed E-state index contributed by atoms with van der Waals surface area (Å²) in [5.74, 6) is 0.258. The summed E-state index contributed by atoms with van der Waals surface area (Å²) in [6.07, 6.45) is 65.2. The van der Waals surface area contributed by atoms with Crippen LogP contribution < -0.4 is 0 Å². The number of rotatable bonds is 83. The van der Waals surface area contributed by atoms with Crippen molar-refractivity contribution in [2.45, 2.75) is 465 Å². The van der Waals surface area contributed by atoms with Crippen LogP contribution in [0.25, 0.3) is 0 Å². The number of esters is 4. The second kappa shape index (κ2) is 75.1. The van der Waals surface area contributed by atoms with Gasteiger partial charge in [0.25, 0.3) is 0 Å². The molecule has 0 saturated carbocycles. The van der Waals surface area contributed by atoms with Gasteiger partial charge in [0.15, 0.2) is 12.2 Å². The van der Waals surface area contributed by atoms with Gasteiger partial charge in [0.05, 0.1) is 26.4 Å². The Morgan fingerprint density at radius 2 is 0.490 bits per heavy atom. The fourth-order valence-electron chi connectivity index (χ4n) is 13.2. The SMILES string of the molecule is CCCCCCCCCCCCCCCCCCCC(=O)O[C@H](COC(=O)CCCCCCCCCC(C)C)COP(=O)(O)OC[C@H](O)COP(=O)(O)OC[C@@H](COC(=O)CCCCCCCCCCCCCCCCC(C)CC)OC(=O)CCCCCCCCCCCCCCCCCCC(C)C. The molecule has 0 rings (SSSR count). The van der Waals surface area contributed by atoms with Crippen molar-refractivity contribution in [3.63, 3.8) is 0 Å². The summed E-state index contributed by atoms with van der Waals surface area (Å²) < 4.78 is 68.9. The van der Waals surface area contributed by atoms with E-state index < -0.39 is 97.5 Å². The highest BCUT2D eigenvalue weighted by Crippen LogP contribution is 2.45. The molecule has 3 unspecified atom stereocenters. The average Bonchev–Trinajstić information content (AvgIpc) is 1.00. The Morgan fingerprint density at radius 3 is 0.731 bits per heavy atom. The van der Waals surface area contributed by atoms with Gasteiger partial charge in [-0.3, -0.25) is 37.3 Å². The number of aliphatic hydroxyl groups is 1. The molecule has 0 aromatic heterocycles.